The summed E-state index contributed by atoms with van der Waals surface area (Å²) in [5, 5.41) is 0. The van der Waals surface area contributed by atoms with Crippen LogP contribution in [0.5, 0.6) is 0 Å². The maximum Gasteiger partial charge on any atom is 0.0198 e. The van der Waals surface area contributed by atoms with E-state index in [1.807, 2.05) is 0 Å². The molecule has 0 N–H and O–H groups in total. The molecule has 0 saturated carbocycles. The van der Waals surface area contributed by atoms with E-state index in [9.17, 15) is 0 Å². The highest BCUT2D eigenvalue weighted by atomic mass is 79.9. The Bertz CT molecular complexity index is 635. The first-order chi connectivity index (χ1) is 12.1. The van der Waals surface area contributed by atoms with E-state index in [-0.39, 0.29) is 34.0 Å². The molecular weight excluding hydrogens is 464 g/mol. The van der Waals surface area contributed by atoms with Gasteiger partial charge >= 0.3 is 0 Å². The number of hydrogen-bond donors (Lipinski definition) is 0. The molecule has 1 aliphatic rings. The lowest BCUT2D eigenvalue weighted by atomic mass is 10.0. The van der Waals surface area contributed by atoms with Gasteiger partial charge in [-0.05, 0) is 44.7 Å². The SMILES string of the molecule is Br.Br.CC(Cc1ccccc1)N1CCN(C(C)Cc2ccccc2)C(C)C1. The van der Waals surface area contributed by atoms with Gasteiger partial charge in [0.2, 0.25) is 0 Å². The lowest BCUT2D eigenvalue weighted by Gasteiger charge is -2.45. The Hall–Kier alpha value is -0.680. The standard InChI is InChI=1S/C23H32N2.2BrH/c1-19(16-22-10-6-4-7-11-22)24-14-15-25(21(3)18-24)20(2)17-23-12-8-5-9-13-23;;/h4-13,19-21H,14-18H2,1-3H3;2*1H. The van der Waals surface area contributed by atoms with Crippen LogP contribution in [0.15, 0.2) is 60.7 Å². The van der Waals surface area contributed by atoms with Gasteiger partial charge in [-0.25, -0.2) is 0 Å². The van der Waals surface area contributed by atoms with E-state index in [0.29, 0.717) is 18.1 Å². The van der Waals surface area contributed by atoms with Crippen molar-refractivity contribution < 1.29 is 0 Å². The lowest BCUT2D eigenvalue weighted by molar-refractivity contribution is 0.0361. The fourth-order valence-corrected chi connectivity index (χ4v) is 4.21. The topological polar surface area (TPSA) is 6.48 Å². The van der Waals surface area contributed by atoms with Crippen molar-refractivity contribution in [3.8, 4) is 0 Å². The summed E-state index contributed by atoms with van der Waals surface area (Å²) in [5.41, 5.74) is 2.89. The molecule has 2 nitrogen and oxygen atoms in total. The fourth-order valence-electron chi connectivity index (χ4n) is 4.21. The first kappa shape index (κ1) is 24.4. The molecule has 27 heavy (non-hydrogen) atoms. The molecule has 0 spiro atoms. The number of hydrogen-bond acceptors (Lipinski definition) is 2. The molecule has 1 aliphatic heterocycles. The van der Waals surface area contributed by atoms with Crippen LogP contribution in [0.1, 0.15) is 31.9 Å². The molecule has 2 aromatic carbocycles. The molecule has 3 rings (SSSR count). The minimum atomic E-state index is 0. The average molecular weight is 498 g/mol. The van der Waals surface area contributed by atoms with Gasteiger partial charge in [0.1, 0.15) is 0 Å². The second-order valence-corrected chi connectivity index (χ2v) is 7.66. The molecule has 3 atom stereocenters. The normalized spacial score (nSPS) is 20.2. The molecule has 1 heterocycles. The third-order valence-corrected chi connectivity index (χ3v) is 5.65. The Morgan fingerprint density at radius 3 is 1.74 bits per heavy atom. The molecule has 1 fully saturated rings. The summed E-state index contributed by atoms with van der Waals surface area (Å²) in [6.45, 7) is 10.7. The third-order valence-electron chi connectivity index (χ3n) is 5.65. The van der Waals surface area contributed by atoms with Crippen molar-refractivity contribution in [2.24, 2.45) is 0 Å². The van der Waals surface area contributed by atoms with Crippen LogP contribution in [0.4, 0.5) is 0 Å². The van der Waals surface area contributed by atoms with Gasteiger partial charge in [-0.3, -0.25) is 9.80 Å². The molecule has 0 bridgehead atoms. The van der Waals surface area contributed by atoms with Gasteiger partial charge in [0, 0.05) is 37.8 Å². The zero-order valence-electron chi connectivity index (χ0n) is 16.8. The van der Waals surface area contributed by atoms with Crippen LogP contribution in [-0.2, 0) is 12.8 Å². The maximum atomic E-state index is 2.69. The highest BCUT2D eigenvalue weighted by molar-refractivity contribution is 8.93. The van der Waals surface area contributed by atoms with E-state index < -0.39 is 0 Å². The summed E-state index contributed by atoms with van der Waals surface area (Å²) in [5.74, 6) is 0. The Morgan fingerprint density at radius 1 is 0.778 bits per heavy atom. The summed E-state index contributed by atoms with van der Waals surface area (Å²) < 4.78 is 0. The Kier molecular flexibility index (Phi) is 10.8. The molecule has 0 radical (unpaired) electrons. The number of piperazine rings is 1. The largest absolute Gasteiger partial charge is 0.298 e. The second kappa shape index (κ2) is 12.0. The molecule has 2 aromatic rings. The van der Waals surface area contributed by atoms with Gasteiger partial charge in [-0.1, -0.05) is 60.7 Å². The summed E-state index contributed by atoms with van der Waals surface area (Å²) in [6, 6.07) is 23.6. The van der Waals surface area contributed by atoms with Crippen molar-refractivity contribution in [1.29, 1.82) is 0 Å². The smallest absolute Gasteiger partial charge is 0.0198 e. The van der Waals surface area contributed by atoms with Crippen LogP contribution in [0.25, 0.3) is 0 Å². The van der Waals surface area contributed by atoms with Gasteiger partial charge in [0.15, 0.2) is 0 Å². The highest BCUT2D eigenvalue weighted by Crippen LogP contribution is 2.19. The van der Waals surface area contributed by atoms with Gasteiger partial charge in [0.25, 0.3) is 0 Å². The van der Waals surface area contributed by atoms with Crippen molar-refractivity contribution in [1.82, 2.24) is 9.80 Å². The van der Waals surface area contributed by atoms with Crippen LogP contribution >= 0.6 is 34.0 Å². The Morgan fingerprint density at radius 2 is 1.26 bits per heavy atom. The van der Waals surface area contributed by atoms with E-state index in [2.05, 4.69) is 91.2 Å². The van der Waals surface area contributed by atoms with E-state index in [0.717, 1.165) is 12.8 Å². The van der Waals surface area contributed by atoms with Crippen LogP contribution in [-0.4, -0.2) is 47.6 Å². The lowest BCUT2D eigenvalue weighted by Crippen LogP contribution is -2.57. The van der Waals surface area contributed by atoms with Crippen molar-refractivity contribution in [3.05, 3.63) is 71.8 Å². The van der Waals surface area contributed by atoms with E-state index in [1.165, 1.54) is 30.8 Å². The minimum Gasteiger partial charge on any atom is -0.298 e. The summed E-state index contributed by atoms with van der Waals surface area (Å²) in [7, 11) is 0. The van der Waals surface area contributed by atoms with Crippen molar-refractivity contribution in [2.45, 2.75) is 51.7 Å². The average Bonchev–Trinajstić information content (AvgIpc) is 2.63. The van der Waals surface area contributed by atoms with Crippen molar-refractivity contribution in [2.75, 3.05) is 19.6 Å². The number of benzene rings is 2. The van der Waals surface area contributed by atoms with Crippen LogP contribution in [0.3, 0.4) is 0 Å². The molecule has 0 amide bonds. The Labute approximate surface area is 186 Å². The van der Waals surface area contributed by atoms with E-state index >= 15 is 0 Å². The van der Waals surface area contributed by atoms with E-state index in [4.69, 9.17) is 0 Å². The molecular formula is C23H34Br2N2. The quantitative estimate of drug-likeness (QED) is 0.526. The van der Waals surface area contributed by atoms with Crippen molar-refractivity contribution in [3.63, 3.8) is 0 Å². The zero-order chi connectivity index (χ0) is 17.6. The summed E-state index contributed by atoms with van der Waals surface area (Å²) in [4.78, 5) is 5.36. The first-order valence-electron chi connectivity index (χ1n) is 9.71. The van der Waals surface area contributed by atoms with Gasteiger partial charge in [-0.15, -0.1) is 34.0 Å². The van der Waals surface area contributed by atoms with Crippen LogP contribution in [0, 0.1) is 0 Å². The first-order valence-corrected chi connectivity index (χ1v) is 9.71. The second-order valence-electron chi connectivity index (χ2n) is 7.66. The molecule has 0 aromatic heterocycles. The molecule has 1 saturated heterocycles. The predicted octanol–water partition coefficient (Wildman–Crippen LogP) is 5.41. The minimum absolute atomic E-state index is 0. The van der Waals surface area contributed by atoms with Gasteiger partial charge in [0.05, 0.1) is 0 Å². The highest BCUT2D eigenvalue weighted by Gasteiger charge is 2.29. The number of nitrogens with zero attached hydrogens (tertiary/aromatic N) is 2. The van der Waals surface area contributed by atoms with E-state index in [1.54, 1.807) is 0 Å². The van der Waals surface area contributed by atoms with Gasteiger partial charge in [-0.2, -0.15) is 0 Å². The predicted molar refractivity (Wildman–Crippen MR) is 128 cm³/mol. The Balaban J connectivity index is 0.00000182. The van der Waals surface area contributed by atoms with Crippen molar-refractivity contribution >= 4 is 34.0 Å². The number of rotatable bonds is 6. The molecule has 0 aliphatic carbocycles. The zero-order valence-corrected chi connectivity index (χ0v) is 20.2. The molecule has 3 unspecified atom stereocenters. The summed E-state index contributed by atoms with van der Waals surface area (Å²) >= 11 is 0. The van der Waals surface area contributed by atoms with Gasteiger partial charge < -0.3 is 0 Å². The van der Waals surface area contributed by atoms with Crippen LogP contribution in [0.2, 0.25) is 0 Å². The fraction of sp³-hybridized carbons (Fsp3) is 0.478. The summed E-state index contributed by atoms with van der Waals surface area (Å²) in [6.07, 6.45) is 2.29. The molecule has 150 valence electrons. The molecule has 4 heteroatoms. The monoisotopic (exact) mass is 496 g/mol. The third kappa shape index (κ3) is 7.01. The van der Waals surface area contributed by atoms with Crippen LogP contribution < -0.4 is 0 Å². The maximum absolute atomic E-state index is 2.69. The number of halogens is 2.